The monoisotopic (exact) mass is 867 g/mol. The molecule has 3 fully saturated rings. The molecule has 3 aromatic heterocycles. The molecule has 2 aromatic carbocycles. The van der Waals surface area contributed by atoms with Crippen LogP contribution >= 0.6 is 0 Å². The van der Waals surface area contributed by atoms with Gasteiger partial charge in [-0.3, -0.25) is 38.9 Å². The van der Waals surface area contributed by atoms with Crippen LogP contribution in [0.5, 0.6) is 5.88 Å². The van der Waals surface area contributed by atoms with Crippen LogP contribution in [0.25, 0.3) is 21.9 Å². The van der Waals surface area contributed by atoms with Crippen LogP contribution in [0.1, 0.15) is 57.7 Å². The van der Waals surface area contributed by atoms with Crippen molar-refractivity contribution >= 4 is 63.3 Å². The lowest BCUT2D eigenvalue weighted by molar-refractivity contribution is -0.136. The summed E-state index contributed by atoms with van der Waals surface area (Å²) < 4.78 is 22.9. The quantitative estimate of drug-likeness (QED) is 0.191. The zero-order valence-corrected chi connectivity index (χ0v) is 35.2. The van der Waals surface area contributed by atoms with Gasteiger partial charge in [-0.05, 0) is 73.5 Å². The number of carbonyl (C=O) groups is 5. The molecule has 0 radical (unpaired) electrons. The Morgan fingerprint density at radius 3 is 2.50 bits per heavy atom. The van der Waals surface area contributed by atoms with Crippen molar-refractivity contribution in [3.8, 4) is 17.0 Å². The lowest BCUT2D eigenvalue weighted by atomic mass is 9.95. The van der Waals surface area contributed by atoms with E-state index in [4.69, 9.17) is 9.84 Å². The molecule has 0 saturated carbocycles. The highest BCUT2D eigenvalue weighted by atomic mass is 19.1. The van der Waals surface area contributed by atoms with Gasteiger partial charge in [0.2, 0.25) is 23.6 Å². The van der Waals surface area contributed by atoms with E-state index in [2.05, 4.69) is 35.7 Å². The first-order valence-electron chi connectivity index (χ1n) is 22.0. The van der Waals surface area contributed by atoms with Crippen LogP contribution in [0.2, 0.25) is 0 Å². The lowest BCUT2D eigenvalue weighted by Crippen LogP contribution is -2.54. The number of benzene rings is 2. The number of nitrogens with one attached hydrogen (secondary N) is 3. The first-order valence-corrected chi connectivity index (χ1v) is 22.0. The van der Waals surface area contributed by atoms with Gasteiger partial charge in [0.1, 0.15) is 36.5 Å². The Hall–Kier alpha value is -6.95. The maximum absolute atomic E-state index is 15.5. The van der Waals surface area contributed by atoms with Gasteiger partial charge in [-0.25, -0.2) is 14.4 Å². The second kappa shape index (κ2) is 15.7. The third-order valence-corrected chi connectivity index (χ3v) is 13.6. The molecule has 64 heavy (non-hydrogen) atoms. The first kappa shape index (κ1) is 39.9. The maximum Gasteiger partial charge on any atom is 0.262 e. The molecule has 3 saturated heterocycles. The SMILES string of the molecule is Cc1c(-c2cc3cc(Nc4cc5n(n4)CC(=O)N(C4CCN(CC6CN(c7ccc8c(c7)C(=O)N(C7CCC(=O)NC7=O)C8=O)C6)CC4)CC5)ncc3cc2F)cnc2c1NCCO2. The number of pyridine rings is 2. The van der Waals surface area contributed by atoms with Crippen LogP contribution in [0.4, 0.5) is 27.4 Å². The number of ether oxygens (including phenoxy) is 1. The number of hydrogen-bond donors (Lipinski definition) is 3. The summed E-state index contributed by atoms with van der Waals surface area (Å²) in [5, 5.41) is 15.1. The molecule has 3 N–H and O–H groups in total. The summed E-state index contributed by atoms with van der Waals surface area (Å²) in [6.45, 7) is 8.29. The molecule has 6 aliphatic heterocycles. The Morgan fingerprint density at radius 1 is 0.844 bits per heavy atom. The minimum absolute atomic E-state index is 0.0587. The van der Waals surface area contributed by atoms with Gasteiger partial charge in [0, 0.05) is 117 Å². The van der Waals surface area contributed by atoms with E-state index in [1.54, 1.807) is 29.2 Å². The second-order valence-corrected chi connectivity index (χ2v) is 17.6. The van der Waals surface area contributed by atoms with Crippen molar-refractivity contribution in [2.45, 2.75) is 57.7 Å². The third-order valence-electron chi connectivity index (χ3n) is 13.6. The molecular weight excluding hydrogens is 822 g/mol. The van der Waals surface area contributed by atoms with Gasteiger partial charge in [0.05, 0.1) is 11.1 Å². The normalized spacial score (nSPS) is 20.6. The summed E-state index contributed by atoms with van der Waals surface area (Å²) >= 11 is 0. The zero-order chi connectivity index (χ0) is 43.8. The van der Waals surface area contributed by atoms with Crippen LogP contribution < -0.4 is 25.6 Å². The highest BCUT2D eigenvalue weighted by molar-refractivity contribution is 6.23. The summed E-state index contributed by atoms with van der Waals surface area (Å²) in [6, 6.07) is 11.6. The van der Waals surface area contributed by atoms with E-state index < -0.39 is 29.7 Å². The Kier molecular flexibility index (Phi) is 9.77. The van der Waals surface area contributed by atoms with Gasteiger partial charge in [0.15, 0.2) is 5.82 Å². The lowest BCUT2D eigenvalue weighted by Gasteiger charge is -2.45. The number of anilines is 4. The smallest absolute Gasteiger partial charge is 0.262 e. The molecule has 5 aromatic rings. The molecule has 0 aliphatic carbocycles. The van der Waals surface area contributed by atoms with Crippen molar-refractivity contribution in [3.05, 3.63) is 83.1 Å². The van der Waals surface area contributed by atoms with E-state index in [0.717, 1.165) is 78.5 Å². The van der Waals surface area contributed by atoms with Crippen LogP contribution in [0, 0.1) is 18.7 Å². The van der Waals surface area contributed by atoms with Crippen LogP contribution in [-0.2, 0) is 27.3 Å². The molecule has 328 valence electrons. The van der Waals surface area contributed by atoms with Crippen LogP contribution in [-0.4, -0.2) is 128 Å². The first-order chi connectivity index (χ1) is 31.0. The number of carbonyl (C=O) groups excluding carboxylic acids is 5. The minimum Gasteiger partial charge on any atom is -0.474 e. The van der Waals surface area contributed by atoms with Gasteiger partial charge in [-0.2, -0.15) is 5.10 Å². The van der Waals surface area contributed by atoms with E-state index in [-0.39, 0.29) is 42.7 Å². The van der Waals surface area contributed by atoms with Crippen molar-refractivity contribution in [2.24, 2.45) is 5.92 Å². The van der Waals surface area contributed by atoms with Gasteiger partial charge >= 0.3 is 0 Å². The standard InChI is InChI=1S/C46H46FN11O6/c1-25-35(20-50-44-42(25)48-9-13-64-44)33-14-27-16-38(49-19-28(27)15-36(33)47)51-39-18-31-8-12-56(41(60)24-57(31)53-39)29-6-10-54(11-7-29)21-26-22-55(23-26)30-2-3-32-34(17-30)46(63)58(45(32)62)37-4-5-40(59)52-43(37)61/h2-3,14-20,26,29,37,48H,4-13,21-24H2,1H3,(H,49,51,53)(H,52,59,61). The number of nitrogens with zero attached hydrogens (tertiary/aromatic N) is 8. The molecule has 1 unspecified atom stereocenters. The Labute approximate surface area is 366 Å². The predicted molar refractivity (Wildman–Crippen MR) is 233 cm³/mol. The molecule has 11 rings (SSSR count). The summed E-state index contributed by atoms with van der Waals surface area (Å²) in [5.74, 6) is -0.211. The van der Waals surface area contributed by atoms with E-state index in [0.29, 0.717) is 71.6 Å². The highest BCUT2D eigenvalue weighted by Gasteiger charge is 2.45. The summed E-state index contributed by atoms with van der Waals surface area (Å²) in [5.41, 5.74) is 5.17. The third kappa shape index (κ3) is 7.05. The molecule has 0 bridgehead atoms. The van der Waals surface area contributed by atoms with Gasteiger partial charge in [-0.1, -0.05) is 0 Å². The van der Waals surface area contributed by atoms with E-state index in [1.165, 1.54) is 6.07 Å². The van der Waals surface area contributed by atoms with Gasteiger partial charge in [-0.15, -0.1) is 0 Å². The summed E-state index contributed by atoms with van der Waals surface area (Å²) in [7, 11) is 0. The number of piperidine rings is 2. The number of aromatic nitrogens is 4. The Bertz CT molecular complexity index is 2800. The van der Waals surface area contributed by atoms with E-state index in [9.17, 15) is 24.0 Å². The molecule has 9 heterocycles. The van der Waals surface area contributed by atoms with Crippen LogP contribution in [0.3, 0.4) is 0 Å². The average molecular weight is 868 g/mol. The Balaban J connectivity index is 0.671. The Morgan fingerprint density at radius 2 is 1.67 bits per heavy atom. The van der Waals surface area contributed by atoms with E-state index >= 15 is 4.39 Å². The fourth-order valence-corrected chi connectivity index (χ4v) is 10.2. The molecule has 17 nitrogen and oxygen atoms in total. The van der Waals surface area contributed by atoms with Crippen molar-refractivity contribution < 1.29 is 33.1 Å². The molecule has 1 atom stereocenters. The number of halogens is 1. The molecule has 0 spiro atoms. The number of fused-ring (bicyclic) bond motifs is 4. The van der Waals surface area contributed by atoms with E-state index in [1.807, 2.05) is 36.1 Å². The molecule has 5 amide bonds. The zero-order valence-electron chi connectivity index (χ0n) is 35.2. The van der Waals surface area contributed by atoms with Crippen molar-refractivity contribution in [3.63, 3.8) is 0 Å². The molecule has 18 heteroatoms. The second-order valence-electron chi connectivity index (χ2n) is 17.6. The van der Waals surface area contributed by atoms with Gasteiger partial charge < -0.3 is 30.1 Å². The summed E-state index contributed by atoms with van der Waals surface area (Å²) in [4.78, 5) is 80.9. The minimum atomic E-state index is -0.986. The van der Waals surface area contributed by atoms with Gasteiger partial charge in [0.25, 0.3) is 11.8 Å². The van der Waals surface area contributed by atoms with Crippen molar-refractivity contribution in [2.75, 3.05) is 68.0 Å². The van der Waals surface area contributed by atoms with Crippen molar-refractivity contribution in [1.29, 1.82) is 0 Å². The fraction of sp³-hybridized carbons (Fsp3) is 0.391. The summed E-state index contributed by atoms with van der Waals surface area (Å²) in [6.07, 6.45) is 5.97. The molecular formula is C46H46FN11O6. The highest BCUT2D eigenvalue weighted by Crippen LogP contribution is 2.38. The largest absolute Gasteiger partial charge is 0.474 e. The number of rotatable bonds is 8. The topological polar surface area (TPSA) is 187 Å². The fourth-order valence-electron chi connectivity index (χ4n) is 10.2. The number of imide groups is 2. The number of hydrogen-bond acceptors (Lipinski definition) is 13. The number of amides is 5. The van der Waals surface area contributed by atoms with Crippen LogP contribution in [0.15, 0.2) is 54.9 Å². The average Bonchev–Trinajstić information content (AvgIpc) is 3.71. The number of likely N-dealkylation sites (tertiary alicyclic amines) is 1. The predicted octanol–water partition coefficient (Wildman–Crippen LogP) is 3.88. The molecule has 6 aliphatic rings. The maximum atomic E-state index is 15.5. The van der Waals surface area contributed by atoms with Crippen molar-refractivity contribution in [1.82, 2.24) is 39.8 Å².